The molecule has 0 heteroatoms. The average Bonchev–Trinajstić information content (AvgIpc) is 3.00. The minimum atomic E-state index is 1.23. The summed E-state index contributed by atoms with van der Waals surface area (Å²) in [6.07, 6.45) is 9.17. The molecule has 22 heavy (non-hydrogen) atoms. The predicted molar refractivity (Wildman–Crippen MR) is 96.8 cm³/mol. The summed E-state index contributed by atoms with van der Waals surface area (Å²) in [6.45, 7) is 6.87. The van der Waals surface area contributed by atoms with E-state index in [1.807, 2.05) is 0 Å². The van der Waals surface area contributed by atoms with Crippen molar-refractivity contribution in [2.24, 2.45) is 0 Å². The SMILES string of the molecule is CCCCC1=C(c2ccccc2)C(=C2CCCC2)C1=C(C)C. The monoisotopic (exact) mass is 292 g/mol. The summed E-state index contributed by atoms with van der Waals surface area (Å²) < 4.78 is 0. The van der Waals surface area contributed by atoms with E-state index >= 15 is 0 Å². The Morgan fingerprint density at radius 3 is 2.23 bits per heavy atom. The summed E-state index contributed by atoms with van der Waals surface area (Å²) in [5.74, 6) is 0. The van der Waals surface area contributed by atoms with Gasteiger partial charge in [-0.05, 0) is 80.2 Å². The van der Waals surface area contributed by atoms with E-state index in [-0.39, 0.29) is 0 Å². The molecule has 0 radical (unpaired) electrons. The first-order chi connectivity index (χ1) is 10.7. The van der Waals surface area contributed by atoms with E-state index < -0.39 is 0 Å². The van der Waals surface area contributed by atoms with Crippen molar-refractivity contribution in [1.82, 2.24) is 0 Å². The minimum absolute atomic E-state index is 1.23. The molecule has 1 aromatic carbocycles. The molecule has 2 aliphatic carbocycles. The molecular formula is C22H28. The summed E-state index contributed by atoms with van der Waals surface area (Å²) in [4.78, 5) is 0. The fourth-order valence-electron chi connectivity index (χ4n) is 3.97. The average molecular weight is 292 g/mol. The van der Waals surface area contributed by atoms with E-state index in [0.717, 1.165) is 0 Å². The molecule has 0 saturated heterocycles. The lowest BCUT2D eigenvalue weighted by Gasteiger charge is -2.35. The van der Waals surface area contributed by atoms with Crippen LogP contribution < -0.4 is 0 Å². The van der Waals surface area contributed by atoms with Crippen LogP contribution in [0.4, 0.5) is 0 Å². The van der Waals surface area contributed by atoms with E-state index in [0.29, 0.717) is 0 Å². The van der Waals surface area contributed by atoms with Crippen molar-refractivity contribution in [1.29, 1.82) is 0 Å². The zero-order chi connectivity index (χ0) is 15.5. The molecule has 0 unspecified atom stereocenters. The highest BCUT2D eigenvalue weighted by Gasteiger charge is 2.33. The standard InChI is InChI=1S/C22H28/c1-4-5-15-19-20(16(2)3)22(18-13-9-10-14-18)21(19)17-11-7-6-8-12-17/h6-8,11-12H,4-5,9-10,13-15H2,1-3H3. The largest absolute Gasteiger partial charge is 0.0683 e. The van der Waals surface area contributed by atoms with Crippen LogP contribution >= 0.6 is 0 Å². The molecule has 0 amide bonds. The van der Waals surface area contributed by atoms with E-state index in [9.17, 15) is 0 Å². The van der Waals surface area contributed by atoms with Crippen molar-refractivity contribution in [3.63, 3.8) is 0 Å². The Morgan fingerprint density at radius 1 is 0.955 bits per heavy atom. The van der Waals surface area contributed by atoms with Gasteiger partial charge in [0.15, 0.2) is 0 Å². The first-order valence-electron chi connectivity index (χ1n) is 8.93. The molecule has 1 aromatic rings. The van der Waals surface area contributed by atoms with Crippen LogP contribution in [0.1, 0.15) is 71.3 Å². The second-order valence-corrected chi connectivity index (χ2v) is 6.88. The molecule has 0 aliphatic heterocycles. The second kappa shape index (κ2) is 6.69. The van der Waals surface area contributed by atoms with Gasteiger partial charge in [0.25, 0.3) is 0 Å². The summed E-state index contributed by atoms with van der Waals surface area (Å²) >= 11 is 0. The van der Waals surface area contributed by atoms with Crippen molar-refractivity contribution in [3.05, 3.63) is 63.8 Å². The van der Waals surface area contributed by atoms with Crippen LogP contribution in [-0.2, 0) is 0 Å². The van der Waals surface area contributed by atoms with Crippen LogP contribution in [0.5, 0.6) is 0 Å². The van der Waals surface area contributed by atoms with Gasteiger partial charge in [-0.2, -0.15) is 0 Å². The zero-order valence-corrected chi connectivity index (χ0v) is 14.3. The maximum atomic E-state index is 2.29. The summed E-state index contributed by atoms with van der Waals surface area (Å²) in [7, 11) is 0. The van der Waals surface area contributed by atoms with Crippen molar-refractivity contribution < 1.29 is 0 Å². The molecule has 0 heterocycles. The Bertz CT molecular complexity index is 626. The highest BCUT2D eigenvalue weighted by molar-refractivity contribution is 5.99. The van der Waals surface area contributed by atoms with Crippen LogP contribution in [0.2, 0.25) is 0 Å². The Balaban J connectivity index is 2.14. The maximum Gasteiger partial charge on any atom is -0.00675 e. The van der Waals surface area contributed by atoms with E-state index in [4.69, 9.17) is 0 Å². The van der Waals surface area contributed by atoms with E-state index in [2.05, 4.69) is 51.1 Å². The van der Waals surface area contributed by atoms with Crippen molar-refractivity contribution in [2.75, 3.05) is 0 Å². The van der Waals surface area contributed by atoms with Gasteiger partial charge in [0.1, 0.15) is 0 Å². The van der Waals surface area contributed by atoms with Crippen LogP contribution in [-0.4, -0.2) is 0 Å². The van der Waals surface area contributed by atoms with Crippen molar-refractivity contribution in [3.8, 4) is 0 Å². The highest BCUT2D eigenvalue weighted by atomic mass is 14.4. The third-order valence-corrected chi connectivity index (χ3v) is 5.01. The smallest absolute Gasteiger partial charge is 0.00675 e. The zero-order valence-electron chi connectivity index (χ0n) is 14.3. The Labute approximate surface area is 135 Å². The van der Waals surface area contributed by atoms with Gasteiger partial charge in [-0.3, -0.25) is 0 Å². The molecule has 1 fully saturated rings. The van der Waals surface area contributed by atoms with Crippen LogP contribution in [0.3, 0.4) is 0 Å². The Kier molecular flexibility index (Phi) is 4.66. The summed E-state index contributed by atoms with van der Waals surface area (Å²) in [6, 6.07) is 11.1. The van der Waals surface area contributed by atoms with Gasteiger partial charge in [0.05, 0.1) is 0 Å². The fraction of sp³-hybridized carbons (Fsp3) is 0.455. The normalized spacial score (nSPS) is 18.0. The molecule has 0 aromatic heterocycles. The van der Waals surface area contributed by atoms with E-state index in [1.54, 1.807) is 27.9 Å². The molecule has 3 rings (SSSR count). The van der Waals surface area contributed by atoms with Gasteiger partial charge in [0, 0.05) is 0 Å². The number of unbranched alkanes of at least 4 members (excludes halogenated alkanes) is 1. The second-order valence-electron chi connectivity index (χ2n) is 6.88. The van der Waals surface area contributed by atoms with Gasteiger partial charge in [-0.15, -0.1) is 0 Å². The summed E-state index contributed by atoms with van der Waals surface area (Å²) in [5, 5.41) is 0. The molecule has 116 valence electrons. The Morgan fingerprint density at radius 2 is 1.64 bits per heavy atom. The van der Waals surface area contributed by atoms with E-state index in [1.165, 1.54) is 56.1 Å². The number of hydrogen-bond donors (Lipinski definition) is 0. The number of allylic oxidation sites excluding steroid dienone is 6. The molecule has 0 nitrogen and oxygen atoms in total. The number of hydrogen-bond acceptors (Lipinski definition) is 0. The molecule has 0 bridgehead atoms. The Hall–Kier alpha value is -1.56. The fourth-order valence-corrected chi connectivity index (χ4v) is 3.97. The number of benzene rings is 1. The third kappa shape index (κ3) is 2.72. The van der Waals surface area contributed by atoms with Gasteiger partial charge >= 0.3 is 0 Å². The van der Waals surface area contributed by atoms with Gasteiger partial charge in [-0.1, -0.05) is 54.8 Å². The maximum absolute atomic E-state index is 2.29. The van der Waals surface area contributed by atoms with Crippen LogP contribution in [0.25, 0.3) is 5.57 Å². The molecule has 0 spiro atoms. The molecule has 2 aliphatic rings. The lowest BCUT2D eigenvalue weighted by molar-refractivity contribution is 0.784. The van der Waals surface area contributed by atoms with Crippen LogP contribution in [0.15, 0.2) is 58.2 Å². The topological polar surface area (TPSA) is 0 Å². The van der Waals surface area contributed by atoms with Crippen LogP contribution in [0, 0.1) is 0 Å². The van der Waals surface area contributed by atoms with Gasteiger partial charge < -0.3 is 0 Å². The molecule has 0 N–H and O–H groups in total. The van der Waals surface area contributed by atoms with Crippen molar-refractivity contribution in [2.45, 2.75) is 65.7 Å². The minimum Gasteiger partial charge on any atom is -0.0683 e. The molecule has 1 saturated carbocycles. The predicted octanol–water partition coefficient (Wildman–Crippen LogP) is 6.85. The molecular weight excluding hydrogens is 264 g/mol. The lowest BCUT2D eigenvalue weighted by Crippen LogP contribution is -2.15. The quantitative estimate of drug-likeness (QED) is 0.569. The van der Waals surface area contributed by atoms with Gasteiger partial charge in [0.2, 0.25) is 0 Å². The highest BCUT2D eigenvalue weighted by Crippen LogP contribution is 2.52. The third-order valence-electron chi connectivity index (χ3n) is 5.01. The summed E-state index contributed by atoms with van der Waals surface area (Å²) in [5.41, 5.74) is 11.1. The van der Waals surface area contributed by atoms with Gasteiger partial charge in [-0.25, -0.2) is 0 Å². The first kappa shape index (κ1) is 15.3. The lowest BCUT2D eigenvalue weighted by atomic mass is 9.69. The molecule has 0 atom stereocenters. The number of rotatable bonds is 4. The van der Waals surface area contributed by atoms with Crippen molar-refractivity contribution >= 4 is 5.57 Å². The first-order valence-corrected chi connectivity index (χ1v) is 8.93.